The largest absolute Gasteiger partial charge is 0.373 e. The van der Waals surface area contributed by atoms with E-state index in [-0.39, 0.29) is 49.0 Å². The molecule has 2 aliphatic rings. The SMILES string of the molecule is CC1CN(Cc2ccccc2CNC(=O)[C@H]2CSCN2)CC(C)O1.Cl.Cl. The number of hydrogen-bond acceptors (Lipinski definition) is 5. The van der Waals surface area contributed by atoms with Crippen LogP contribution in [-0.2, 0) is 22.6 Å². The van der Waals surface area contributed by atoms with Gasteiger partial charge in [0.1, 0.15) is 0 Å². The molecule has 1 aromatic carbocycles. The van der Waals surface area contributed by atoms with E-state index >= 15 is 0 Å². The summed E-state index contributed by atoms with van der Waals surface area (Å²) in [5, 5.41) is 6.29. The van der Waals surface area contributed by atoms with Gasteiger partial charge in [-0.2, -0.15) is 0 Å². The zero-order valence-corrected chi connectivity index (χ0v) is 17.7. The number of morpholine rings is 1. The molecule has 2 saturated heterocycles. The summed E-state index contributed by atoms with van der Waals surface area (Å²) in [4.78, 5) is 14.6. The molecule has 148 valence electrons. The van der Waals surface area contributed by atoms with Crippen molar-refractivity contribution in [1.29, 1.82) is 0 Å². The summed E-state index contributed by atoms with van der Waals surface area (Å²) in [5.74, 6) is 1.82. The first kappa shape index (κ1) is 23.5. The molecule has 8 heteroatoms. The van der Waals surface area contributed by atoms with Crippen molar-refractivity contribution in [3.8, 4) is 0 Å². The molecular formula is C18H29Cl2N3O2S. The van der Waals surface area contributed by atoms with Crippen LogP contribution in [0.15, 0.2) is 24.3 Å². The van der Waals surface area contributed by atoms with Gasteiger partial charge in [-0.05, 0) is 25.0 Å². The lowest BCUT2D eigenvalue weighted by molar-refractivity contribution is -0.122. The summed E-state index contributed by atoms with van der Waals surface area (Å²) in [5.41, 5.74) is 2.48. The molecule has 5 nitrogen and oxygen atoms in total. The molecule has 0 aromatic heterocycles. The molecule has 2 fully saturated rings. The Bertz CT molecular complexity index is 563. The molecule has 2 unspecified atom stereocenters. The van der Waals surface area contributed by atoms with Gasteiger partial charge >= 0.3 is 0 Å². The Morgan fingerprint density at radius 3 is 2.50 bits per heavy atom. The van der Waals surface area contributed by atoms with E-state index < -0.39 is 0 Å². The number of amides is 1. The molecule has 2 aliphatic heterocycles. The number of carbonyl (C=O) groups is 1. The fourth-order valence-electron chi connectivity index (χ4n) is 3.41. The second kappa shape index (κ2) is 11.4. The average molecular weight is 422 g/mol. The van der Waals surface area contributed by atoms with Gasteiger partial charge in [-0.15, -0.1) is 36.6 Å². The number of halogens is 2. The van der Waals surface area contributed by atoms with Gasteiger partial charge in [-0.3, -0.25) is 15.0 Å². The molecule has 3 rings (SSSR count). The summed E-state index contributed by atoms with van der Waals surface area (Å²) in [6.45, 7) is 7.65. The third-order valence-corrected chi connectivity index (χ3v) is 5.43. The fraction of sp³-hybridized carbons (Fsp3) is 0.611. The molecule has 0 bridgehead atoms. The number of hydrogen-bond donors (Lipinski definition) is 2. The lowest BCUT2D eigenvalue weighted by Crippen LogP contribution is -2.45. The van der Waals surface area contributed by atoms with Crippen LogP contribution in [0.4, 0.5) is 0 Å². The van der Waals surface area contributed by atoms with Crippen LogP contribution >= 0.6 is 36.6 Å². The van der Waals surface area contributed by atoms with Gasteiger partial charge in [0.25, 0.3) is 0 Å². The van der Waals surface area contributed by atoms with E-state index in [4.69, 9.17) is 4.74 Å². The lowest BCUT2D eigenvalue weighted by atomic mass is 10.1. The first-order chi connectivity index (χ1) is 11.6. The van der Waals surface area contributed by atoms with Crippen LogP contribution < -0.4 is 10.6 Å². The Labute approximate surface area is 172 Å². The second-order valence-corrected chi connectivity index (χ2v) is 7.74. The van der Waals surface area contributed by atoms with E-state index in [1.54, 1.807) is 11.8 Å². The molecule has 0 spiro atoms. The van der Waals surface area contributed by atoms with Crippen LogP contribution in [0.2, 0.25) is 0 Å². The van der Waals surface area contributed by atoms with Crippen molar-refractivity contribution in [3.05, 3.63) is 35.4 Å². The Morgan fingerprint density at radius 1 is 1.23 bits per heavy atom. The molecule has 0 aliphatic carbocycles. The molecule has 1 amide bonds. The predicted octanol–water partition coefficient (Wildman–Crippen LogP) is 2.42. The molecule has 26 heavy (non-hydrogen) atoms. The number of benzene rings is 1. The Balaban J connectivity index is 0.00000169. The van der Waals surface area contributed by atoms with Crippen LogP contribution in [0.25, 0.3) is 0 Å². The molecule has 0 saturated carbocycles. The first-order valence-electron chi connectivity index (χ1n) is 8.65. The van der Waals surface area contributed by atoms with Crippen LogP contribution in [0, 0.1) is 0 Å². The summed E-state index contributed by atoms with van der Waals surface area (Å²) in [7, 11) is 0. The Morgan fingerprint density at radius 2 is 1.88 bits per heavy atom. The van der Waals surface area contributed by atoms with E-state index in [0.29, 0.717) is 6.54 Å². The van der Waals surface area contributed by atoms with Crippen LogP contribution in [-0.4, -0.2) is 53.8 Å². The predicted molar refractivity (Wildman–Crippen MR) is 112 cm³/mol. The van der Waals surface area contributed by atoms with E-state index in [0.717, 1.165) is 31.3 Å². The molecule has 2 heterocycles. The maximum atomic E-state index is 12.2. The molecule has 1 aromatic rings. The minimum Gasteiger partial charge on any atom is -0.373 e. The highest BCUT2D eigenvalue weighted by atomic mass is 35.5. The van der Waals surface area contributed by atoms with Gasteiger partial charge in [-0.1, -0.05) is 24.3 Å². The Hall–Kier alpha value is -0.500. The standard InChI is InChI=1S/C18H27N3O2S.2ClH/c1-13-8-21(9-14(2)23-13)10-16-6-4-3-5-15(16)7-19-18(22)17-11-24-12-20-17;;/h3-6,13-14,17,20H,7-12H2,1-2H3,(H,19,22);2*1H/t13?,14?,17-;;/m1../s1. The van der Waals surface area contributed by atoms with Crippen molar-refractivity contribution in [2.24, 2.45) is 0 Å². The lowest BCUT2D eigenvalue weighted by Gasteiger charge is -2.35. The number of thioether (sulfide) groups is 1. The zero-order valence-electron chi connectivity index (χ0n) is 15.3. The van der Waals surface area contributed by atoms with Gasteiger partial charge in [0, 0.05) is 37.8 Å². The first-order valence-corrected chi connectivity index (χ1v) is 9.80. The third-order valence-electron chi connectivity index (χ3n) is 4.49. The highest BCUT2D eigenvalue weighted by Crippen LogP contribution is 2.17. The van der Waals surface area contributed by atoms with Crippen LogP contribution in [0.3, 0.4) is 0 Å². The van der Waals surface area contributed by atoms with E-state index in [1.807, 2.05) is 6.07 Å². The van der Waals surface area contributed by atoms with Crippen molar-refractivity contribution in [2.75, 3.05) is 24.7 Å². The smallest absolute Gasteiger partial charge is 0.238 e. The van der Waals surface area contributed by atoms with Crippen molar-refractivity contribution in [3.63, 3.8) is 0 Å². The third kappa shape index (κ3) is 6.59. The minimum atomic E-state index is -0.0527. The number of rotatable bonds is 5. The van der Waals surface area contributed by atoms with Crippen LogP contribution in [0.5, 0.6) is 0 Å². The second-order valence-electron chi connectivity index (χ2n) is 6.71. The monoisotopic (exact) mass is 421 g/mol. The number of ether oxygens (including phenoxy) is 1. The highest BCUT2D eigenvalue weighted by Gasteiger charge is 2.24. The van der Waals surface area contributed by atoms with Crippen LogP contribution in [0.1, 0.15) is 25.0 Å². The topological polar surface area (TPSA) is 53.6 Å². The normalized spacial score (nSPS) is 25.8. The number of nitrogens with one attached hydrogen (secondary N) is 2. The summed E-state index contributed by atoms with van der Waals surface area (Å²) < 4.78 is 5.81. The van der Waals surface area contributed by atoms with Crippen molar-refractivity contribution in [1.82, 2.24) is 15.5 Å². The number of carbonyl (C=O) groups excluding carboxylic acids is 1. The van der Waals surface area contributed by atoms with E-state index in [1.165, 1.54) is 11.1 Å². The number of nitrogens with zero attached hydrogens (tertiary/aromatic N) is 1. The maximum Gasteiger partial charge on any atom is 0.238 e. The maximum absolute atomic E-state index is 12.2. The minimum absolute atomic E-state index is 0. The Kier molecular flexibility index (Phi) is 10.3. The van der Waals surface area contributed by atoms with E-state index in [2.05, 4.69) is 47.6 Å². The summed E-state index contributed by atoms with van der Waals surface area (Å²) in [6, 6.07) is 8.33. The average Bonchev–Trinajstić information content (AvgIpc) is 3.07. The van der Waals surface area contributed by atoms with Gasteiger partial charge in [-0.25, -0.2) is 0 Å². The molecular weight excluding hydrogens is 393 g/mol. The van der Waals surface area contributed by atoms with Gasteiger partial charge in [0.05, 0.1) is 18.2 Å². The van der Waals surface area contributed by atoms with Crippen molar-refractivity contribution >= 4 is 42.5 Å². The zero-order chi connectivity index (χ0) is 16.9. The molecule has 3 atom stereocenters. The molecule has 0 radical (unpaired) electrons. The molecule has 2 N–H and O–H groups in total. The van der Waals surface area contributed by atoms with E-state index in [9.17, 15) is 4.79 Å². The van der Waals surface area contributed by atoms with Gasteiger partial charge < -0.3 is 10.1 Å². The van der Waals surface area contributed by atoms with Gasteiger partial charge in [0.2, 0.25) is 5.91 Å². The van der Waals surface area contributed by atoms with Gasteiger partial charge in [0.15, 0.2) is 0 Å². The van der Waals surface area contributed by atoms with Crippen molar-refractivity contribution in [2.45, 2.75) is 45.2 Å². The fourth-order valence-corrected chi connectivity index (χ4v) is 4.35. The van der Waals surface area contributed by atoms with Crippen molar-refractivity contribution < 1.29 is 9.53 Å². The summed E-state index contributed by atoms with van der Waals surface area (Å²) in [6.07, 6.45) is 0.540. The highest BCUT2D eigenvalue weighted by molar-refractivity contribution is 7.99. The quantitative estimate of drug-likeness (QED) is 0.764. The summed E-state index contributed by atoms with van der Waals surface area (Å²) >= 11 is 1.77.